The molecule has 2 nitrogen and oxygen atoms in total. The van der Waals surface area contributed by atoms with Gasteiger partial charge >= 0.3 is 0 Å². The fourth-order valence-corrected chi connectivity index (χ4v) is 0.289. The molecule has 0 aliphatic heterocycles. The number of carboxylic acids is 1. The fraction of sp³-hybridized carbons (Fsp3) is 0.909. The zero-order chi connectivity index (χ0) is 11.3. The lowest BCUT2D eigenvalue weighted by Gasteiger charge is -1.98. The van der Waals surface area contributed by atoms with Crippen molar-refractivity contribution >= 4 is 5.97 Å². The van der Waals surface area contributed by atoms with E-state index in [2.05, 4.69) is 34.6 Å². The van der Waals surface area contributed by atoms with Crippen LogP contribution in [0.5, 0.6) is 0 Å². The Labute approximate surface area is 83.4 Å². The molecule has 82 valence electrons. The second kappa shape index (κ2) is 17.5. The molecule has 0 bridgehead atoms. The Balaban J connectivity index is -0.000000125. The summed E-state index contributed by atoms with van der Waals surface area (Å²) in [5.41, 5.74) is 0. The number of hydrogen-bond donors (Lipinski definition) is 1. The van der Waals surface area contributed by atoms with Crippen LogP contribution in [0.3, 0.4) is 0 Å². The number of rotatable bonds is 2. The third-order valence-corrected chi connectivity index (χ3v) is 1.39. The van der Waals surface area contributed by atoms with Gasteiger partial charge in [0.05, 0.1) is 0 Å². The van der Waals surface area contributed by atoms with Crippen molar-refractivity contribution in [3.63, 3.8) is 0 Å². The van der Waals surface area contributed by atoms with Crippen LogP contribution in [0.4, 0.5) is 0 Å². The highest BCUT2D eigenvalue weighted by Gasteiger charge is 1.88. The zero-order valence-corrected chi connectivity index (χ0v) is 10.1. The van der Waals surface area contributed by atoms with Gasteiger partial charge in [0.25, 0.3) is 5.97 Å². The lowest BCUT2D eigenvalue weighted by atomic mass is 10.1. The third kappa shape index (κ3) is 85.4. The topological polar surface area (TPSA) is 37.3 Å². The number of carboxylic acid groups (broad SMARTS) is 1. The van der Waals surface area contributed by atoms with Gasteiger partial charge in [-0.1, -0.05) is 53.9 Å². The van der Waals surface area contributed by atoms with Crippen LogP contribution in [0.2, 0.25) is 0 Å². The number of aliphatic carboxylic acids is 1. The van der Waals surface area contributed by atoms with Crippen molar-refractivity contribution in [2.45, 2.75) is 60.8 Å². The van der Waals surface area contributed by atoms with Crippen molar-refractivity contribution in [3.8, 4) is 0 Å². The van der Waals surface area contributed by atoms with E-state index >= 15 is 0 Å². The summed E-state index contributed by atoms with van der Waals surface area (Å²) in [5.74, 6) is 0.102. The Morgan fingerprint density at radius 1 is 1.15 bits per heavy atom. The van der Waals surface area contributed by atoms with E-state index in [-0.39, 0.29) is 0 Å². The molecule has 0 unspecified atom stereocenters. The minimum absolute atomic E-state index is 0.833. The van der Waals surface area contributed by atoms with E-state index in [4.69, 9.17) is 9.90 Å². The van der Waals surface area contributed by atoms with Gasteiger partial charge in [0.1, 0.15) is 0 Å². The fourth-order valence-electron chi connectivity index (χ4n) is 0.289. The SMILES string of the molecule is CC(=O)O.CCC.CCC(C)CC. The first-order valence-electron chi connectivity index (χ1n) is 5.15. The van der Waals surface area contributed by atoms with Crippen LogP contribution in [0.1, 0.15) is 60.8 Å². The molecule has 13 heavy (non-hydrogen) atoms. The van der Waals surface area contributed by atoms with Gasteiger partial charge in [-0.25, -0.2) is 0 Å². The van der Waals surface area contributed by atoms with E-state index in [0.29, 0.717) is 0 Å². The summed E-state index contributed by atoms with van der Waals surface area (Å²) in [4.78, 5) is 9.00. The van der Waals surface area contributed by atoms with Crippen LogP contribution >= 0.6 is 0 Å². The first kappa shape index (κ1) is 18.3. The van der Waals surface area contributed by atoms with E-state index in [1.165, 1.54) is 19.3 Å². The lowest BCUT2D eigenvalue weighted by molar-refractivity contribution is -0.134. The maximum Gasteiger partial charge on any atom is 0.300 e. The Morgan fingerprint density at radius 2 is 1.31 bits per heavy atom. The second-order valence-corrected chi connectivity index (χ2v) is 3.15. The molecule has 0 radical (unpaired) electrons. The van der Waals surface area contributed by atoms with Crippen molar-refractivity contribution < 1.29 is 9.90 Å². The van der Waals surface area contributed by atoms with Crippen LogP contribution in [0, 0.1) is 5.92 Å². The molecule has 0 heterocycles. The van der Waals surface area contributed by atoms with E-state index in [9.17, 15) is 0 Å². The first-order valence-corrected chi connectivity index (χ1v) is 5.15. The van der Waals surface area contributed by atoms with Crippen LogP contribution < -0.4 is 0 Å². The van der Waals surface area contributed by atoms with Gasteiger partial charge < -0.3 is 5.11 Å². The molecular formula is C11H26O2. The maximum atomic E-state index is 9.00. The van der Waals surface area contributed by atoms with Crippen molar-refractivity contribution in [2.75, 3.05) is 0 Å². The Morgan fingerprint density at radius 3 is 1.31 bits per heavy atom. The summed E-state index contributed by atoms with van der Waals surface area (Å²) < 4.78 is 0. The highest BCUT2D eigenvalue weighted by molar-refractivity contribution is 5.62. The molecule has 0 aliphatic rings. The summed E-state index contributed by atoms with van der Waals surface area (Å²) in [6.07, 6.45) is 3.91. The Hall–Kier alpha value is -0.530. The minimum atomic E-state index is -0.833. The molecule has 2 heteroatoms. The number of hydrogen-bond acceptors (Lipinski definition) is 1. The second-order valence-electron chi connectivity index (χ2n) is 3.15. The van der Waals surface area contributed by atoms with Gasteiger partial charge in [-0.2, -0.15) is 0 Å². The molecule has 0 rings (SSSR count). The smallest absolute Gasteiger partial charge is 0.300 e. The lowest BCUT2D eigenvalue weighted by Crippen LogP contribution is -1.85. The largest absolute Gasteiger partial charge is 0.481 e. The van der Waals surface area contributed by atoms with Crippen molar-refractivity contribution in [1.82, 2.24) is 0 Å². The van der Waals surface area contributed by atoms with Crippen molar-refractivity contribution in [2.24, 2.45) is 5.92 Å². The molecule has 0 saturated heterocycles. The zero-order valence-electron chi connectivity index (χ0n) is 10.1. The summed E-state index contributed by atoms with van der Waals surface area (Å²) in [5, 5.41) is 7.42. The predicted molar refractivity (Wildman–Crippen MR) is 59.0 cm³/mol. The molecule has 0 aliphatic carbocycles. The van der Waals surface area contributed by atoms with Crippen LogP contribution in [0.25, 0.3) is 0 Å². The summed E-state index contributed by atoms with van der Waals surface area (Å²) >= 11 is 0. The maximum absolute atomic E-state index is 9.00. The molecule has 0 aromatic rings. The summed E-state index contributed by atoms with van der Waals surface area (Å²) in [7, 11) is 0. The van der Waals surface area contributed by atoms with Crippen LogP contribution in [0.15, 0.2) is 0 Å². The van der Waals surface area contributed by atoms with Gasteiger partial charge in [0.2, 0.25) is 0 Å². The molecule has 0 amide bonds. The standard InChI is InChI=1S/C6H14.C3H8.C2H4O2/c1-4-6(3)5-2;1-3-2;1-2(3)4/h6H,4-5H2,1-3H3;3H2,1-2H3;1H3,(H,3,4). The van der Waals surface area contributed by atoms with Gasteiger partial charge in [0, 0.05) is 6.92 Å². The van der Waals surface area contributed by atoms with Crippen LogP contribution in [-0.4, -0.2) is 11.1 Å². The molecule has 0 aromatic carbocycles. The average molecular weight is 190 g/mol. The highest BCUT2D eigenvalue weighted by Crippen LogP contribution is 2.02. The van der Waals surface area contributed by atoms with Gasteiger partial charge in [0.15, 0.2) is 0 Å². The predicted octanol–water partition coefficient (Wildman–Crippen LogP) is 3.95. The van der Waals surface area contributed by atoms with Crippen LogP contribution in [-0.2, 0) is 4.79 Å². The van der Waals surface area contributed by atoms with E-state index in [1.54, 1.807) is 0 Å². The normalized spacial score (nSPS) is 7.92. The van der Waals surface area contributed by atoms with Gasteiger partial charge in [-0.15, -0.1) is 0 Å². The molecule has 0 aromatic heterocycles. The molecular weight excluding hydrogens is 164 g/mol. The van der Waals surface area contributed by atoms with Gasteiger partial charge in [-0.3, -0.25) is 4.79 Å². The van der Waals surface area contributed by atoms with E-state index in [1.807, 2.05) is 0 Å². The van der Waals surface area contributed by atoms with Crippen molar-refractivity contribution in [1.29, 1.82) is 0 Å². The third-order valence-electron chi connectivity index (χ3n) is 1.39. The monoisotopic (exact) mass is 190 g/mol. The summed E-state index contributed by atoms with van der Waals surface area (Å²) in [6, 6.07) is 0. The molecule has 1 N–H and O–H groups in total. The molecule has 0 spiro atoms. The van der Waals surface area contributed by atoms with E-state index < -0.39 is 5.97 Å². The molecule has 0 atom stereocenters. The minimum Gasteiger partial charge on any atom is -0.481 e. The van der Waals surface area contributed by atoms with Gasteiger partial charge in [-0.05, 0) is 5.92 Å². The Kier molecular flexibility index (Phi) is 24.7. The Bertz CT molecular complexity index is 82.1. The average Bonchev–Trinajstić information content (AvgIpc) is 2.03. The van der Waals surface area contributed by atoms with E-state index in [0.717, 1.165) is 12.8 Å². The van der Waals surface area contributed by atoms with Crippen molar-refractivity contribution in [3.05, 3.63) is 0 Å². The highest BCUT2D eigenvalue weighted by atomic mass is 16.4. The molecule has 0 saturated carbocycles. The quantitative estimate of drug-likeness (QED) is 0.716. The number of carbonyl (C=O) groups is 1. The molecule has 0 fully saturated rings. The summed E-state index contributed by atoms with van der Waals surface area (Å²) in [6.45, 7) is 12.1. The first-order chi connectivity index (χ1) is 5.95.